The summed E-state index contributed by atoms with van der Waals surface area (Å²) in [5.41, 5.74) is 0. The molecule has 0 aromatic carbocycles. The minimum absolute atomic E-state index is 0.204. The van der Waals surface area contributed by atoms with E-state index in [1.807, 2.05) is 27.7 Å². The molecule has 1 aliphatic heterocycles. The maximum Gasteiger partial charge on any atom is 0.122 e. The van der Waals surface area contributed by atoms with Gasteiger partial charge in [0, 0.05) is 25.6 Å². The van der Waals surface area contributed by atoms with Crippen LogP contribution in [-0.2, 0) is 9.53 Å². The van der Waals surface area contributed by atoms with Gasteiger partial charge in [-0.05, 0) is 33.5 Å². The first-order valence-corrected chi connectivity index (χ1v) is 8.93. The topological polar surface area (TPSA) is 32.8 Å². The fourth-order valence-electron chi connectivity index (χ4n) is 1.94. The van der Waals surface area contributed by atoms with Gasteiger partial charge in [0.05, 0.1) is 12.7 Å². The third kappa shape index (κ3) is 15.9. The molecule has 134 valence electrons. The summed E-state index contributed by atoms with van der Waals surface area (Å²) in [5.74, 6) is 0.204. The van der Waals surface area contributed by atoms with Gasteiger partial charge in [0.25, 0.3) is 0 Å². The zero-order valence-electron chi connectivity index (χ0n) is 16.1. The lowest BCUT2D eigenvalue weighted by molar-refractivity contribution is -0.110. The van der Waals surface area contributed by atoms with Gasteiger partial charge in [-0.25, -0.2) is 0 Å². The fraction of sp³-hybridized carbons (Fsp3) is 0.944. The molecule has 0 radical (unpaired) electrons. The summed E-state index contributed by atoms with van der Waals surface area (Å²) in [6, 6.07) is 0. The summed E-state index contributed by atoms with van der Waals surface area (Å²) in [6.07, 6.45) is 5.15. The summed E-state index contributed by atoms with van der Waals surface area (Å²) in [6.45, 7) is 15.5. The Morgan fingerprint density at radius 2 is 1.91 bits per heavy atom. The second-order valence-electron chi connectivity index (χ2n) is 6.12. The number of hydrogen-bond acceptors (Lipinski definition) is 4. The van der Waals surface area contributed by atoms with Gasteiger partial charge in [-0.2, -0.15) is 0 Å². The van der Waals surface area contributed by atoms with E-state index in [9.17, 15) is 4.79 Å². The second kappa shape index (κ2) is 16.9. The minimum Gasteiger partial charge on any atom is -0.376 e. The predicted molar refractivity (Wildman–Crippen MR) is 96.5 cm³/mol. The molecule has 1 aliphatic rings. The van der Waals surface area contributed by atoms with Crippen LogP contribution in [0.2, 0.25) is 0 Å². The molecule has 1 saturated heterocycles. The van der Waals surface area contributed by atoms with Crippen molar-refractivity contribution in [2.75, 3.05) is 46.9 Å². The van der Waals surface area contributed by atoms with Gasteiger partial charge >= 0.3 is 0 Å². The minimum atomic E-state index is 0.204. The van der Waals surface area contributed by atoms with Crippen molar-refractivity contribution in [3.63, 3.8) is 0 Å². The van der Waals surface area contributed by atoms with Crippen molar-refractivity contribution in [1.29, 1.82) is 0 Å². The van der Waals surface area contributed by atoms with Crippen LogP contribution in [-0.4, -0.2) is 69.1 Å². The van der Waals surface area contributed by atoms with Crippen LogP contribution >= 0.6 is 0 Å². The molecule has 0 N–H and O–H groups in total. The molecule has 1 rings (SSSR count). The molecule has 0 spiro atoms. The first-order valence-electron chi connectivity index (χ1n) is 8.93. The number of rotatable bonds is 7. The van der Waals surface area contributed by atoms with E-state index < -0.39 is 0 Å². The van der Waals surface area contributed by atoms with Crippen molar-refractivity contribution in [2.24, 2.45) is 5.92 Å². The average molecular weight is 317 g/mol. The molecule has 4 heteroatoms. The highest BCUT2D eigenvalue weighted by molar-refractivity contribution is 5.51. The molecule has 4 nitrogen and oxygen atoms in total. The highest BCUT2D eigenvalue weighted by atomic mass is 16.5. The predicted octanol–water partition coefficient (Wildman–Crippen LogP) is 3.31. The van der Waals surface area contributed by atoms with Crippen molar-refractivity contribution >= 4 is 6.29 Å². The van der Waals surface area contributed by atoms with Gasteiger partial charge in [-0.1, -0.05) is 41.0 Å². The summed E-state index contributed by atoms with van der Waals surface area (Å²) >= 11 is 0. The van der Waals surface area contributed by atoms with E-state index in [1.54, 1.807) is 0 Å². The largest absolute Gasteiger partial charge is 0.376 e. The lowest BCUT2D eigenvalue weighted by Gasteiger charge is -2.33. The summed E-state index contributed by atoms with van der Waals surface area (Å²) in [4.78, 5) is 14.3. The summed E-state index contributed by atoms with van der Waals surface area (Å²) in [7, 11) is 4.25. The number of ether oxygens (including phenoxy) is 1. The Labute approximate surface area is 139 Å². The number of hydrogen-bond donors (Lipinski definition) is 0. The van der Waals surface area contributed by atoms with E-state index in [2.05, 4.69) is 30.8 Å². The Kier molecular flexibility index (Phi) is 18.3. The monoisotopic (exact) mass is 316 g/mol. The van der Waals surface area contributed by atoms with Crippen LogP contribution in [0.4, 0.5) is 0 Å². The highest BCUT2D eigenvalue weighted by Gasteiger charge is 2.19. The molecule has 1 heterocycles. The number of unbranched alkanes of at least 4 members (excludes halogenated alkanes) is 1. The third-order valence-electron chi connectivity index (χ3n) is 3.22. The van der Waals surface area contributed by atoms with Gasteiger partial charge in [-0.3, -0.25) is 4.90 Å². The number of morpholine rings is 1. The van der Waals surface area contributed by atoms with Crippen molar-refractivity contribution in [3.8, 4) is 0 Å². The summed E-state index contributed by atoms with van der Waals surface area (Å²) < 4.78 is 5.77. The molecule has 1 unspecified atom stereocenters. The normalized spacial score (nSPS) is 18.3. The van der Waals surface area contributed by atoms with Crippen LogP contribution in [0.25, 0.3) is 0 Å². The molecule has 22 heavy (non-hydrogen) atoms. The van der Waals surface area contributed by atoms with E-state index in [1.165, 1.54) is 19.4 Å². The van der Waals surface area contributed by atoms with Crippen LogP contribution < -0.4 is 0 Å². The molecule has 0 aromatic heterocycles. The van der Waals surface area contributed by atoms with Crippen LogP contribution in [0.15, 0.2) is 0 Å². The molecule has 1 atom stereocenters. The van der Waals surface area contributed by atoms with Gasteiger partial charge < -0.3 is 14.4 Å². The highest BCUT2D eigenvalue weighted by Crippen LogP contribution is 2.09. The average Bonchev–Trinajstić information content (AvgIpc) is 2.53. The lowest BCUT2D eigenvalue weighted by Crippen LogP contribution is -2.43. The van der Waals surface area contributed by atoms with Crippen LogP contribution in [0, 0.1) is 5.92 Å². The third-order valence-corrected chi connectivity index (χ3v) is 3.22. The molecule has 0 aromatic rings. The van der Waals surface area contributed by atoms with Crippen molar-refractivity contribution in [1.82, 2.24) is 9.80 Å². The van der Waals surface area contributed by atoms with E-state index >= 15 is 0 Å². The van der Waals surface area contributed by atoms with E-state index in [0.717, 1.165) is 38.9 Å². The molecule has 0 saturated carbocycles. The fourth-order valence-corrected chi connectivity index (χ4v) is 1.94. The van der Waals surface area contributed by atoms with Crippen molar-refractivity contribution < 1.29 is 9.53 Å². The van der Waals surface area contributed by atoms with Crippen LogP contribution in [0.5, 0.6) is 0 Å². The van der Waals surface area contributed by atoms with Gasteiger partial charge in [0.15, 0.2) is 0 Å². The summed E-state index contributed by atoms with van der Waals surface area (Å²) in [5, 5.41) is 0. The molecule has 1 fully saturated rings. The van der Waals surface area contributed by atoms with E-state index in [-0.39, 0.29) is 5.92 Å². The molecule has 0 aliphatic carbocycles. The Morgan fingerprint density at radius 3 is 2.36 bits per heavy atom. The Balaban J connectivity index is 0. The van der Waals surface area contributed by atoms with Gasteiger partial charge in [0.1, 0.15) is 6.29 Å². The quantitative estimate of drug-likeness (QED) is 0.675. The Hall–Kier alpha value is -0.450. The zero-order valence-corrected chi connectivity index (χ0v) is 16.1. The SMILES string of the molecule is CC.CC(C)C=O.CCCCN1CCOC(CCN(C)C)C1. The Bertz CT molecular complexity index is 233. The zero-order chi connectivity index (χ0) is 17.4. The molecule has 0 bridgehead atoms. The first-order chi connectivity index (χ1) is 10.5. The van der Waals surface area contributed by atoms with Crippen LogP contribution in [0.1, 0.15) is 53.9 Å². The number of carbonyl (C=O) groups excluding carboxylic acids is 1. The maximum absolute atomic E-state index is 9.50. The van der Waals surface area contributed by atoms with E-state index in [4.69, 9.17) is 4.74 Å². The standard InChI is InChI=1S/C12H26N2O.C4H8O.C2H6/c1-4-5-7-14-9-10-15-12(11-14)6-8-13(2)3;1-4(2)3-5;1-2/h12H,4-11H2,1-3H3;3-4H,1-2H3;1-2H3. The van der Waals surface area contributed by atoms with Gasteiger partial charge in [-0.15, -0.1) is 0 Å². The number of nitrogens with zero attached hydrogens (tertiary/aromatic N) is 2. The smallest absolute Gasteiger partial charge is 0.122 e. The molecular formula is C18H40N2O2. The van der Waals surface area contributed by atoms with Gasteiger partial charge in [0.2, 0.25) is 0 Å². The van der Waals surface area contributed by atoms with Crippen molar-refractivity contribution in [3.05, 3.63) is 0 Å². The first kappa shape index (κ1) is 23.8. The second-order valence-corrected chi connectivity index (χ2v) is 6.12. The van der Waals surface area contributed by atoms with E-state index in [0.29, 0.717) is 6.10 Å². The Morgan fingerprint density at radius 1 is 1.32 bits per heavy atom. The lowest BCUT2D eigenvalue weighted by atomic mass is 10.2. The maximum atomic E-state index is 9.50. The van der Waals surface area contributed by atoms with Crippen molar-refractivity contribution in [2.45, 2.75) is 60.0 Å². The van der Waals surface area contributed by atoms with Crippen LogP contribution in [0.3, 0.4) is 0 Å². The number of carbonyl (C=O) groups is 1. The number of aldehydes is 1. The molecule has 0 amide bonds. The molecular weight excluding hydrogens is 276 g/mol.